The van der Waals surface area contributed by atoms with E-state index in [1.165, 1.54) is 0 Å². The fourth-order valence-electron chi connectivity index (χ4n) is 2.51. The second kappa shape index (κ2) is 6.74. The monoisotopic (exact) mass is 313 g/mol. The van der Waals surface area contributed by atoms with E-state index in [4.69, 9.17) is 10.5 Å². The second-order valence-corrected chi connectivity index (χ2v) is 7.14. The average molecular weight is 313 g/mol. The molecule has 0 radical (unpaired) electrons. The van der Waals surface area contributed by atoms with Crippen molar-refractivity contribution < 1.29 is 13.2 Å². The molecule has 1 aromatic carbocycles. The van der Waals surface area contributed by atoms with Gasteiger partial charge in [-0.15, -0.1) is 0 Å². The average Bonchev–Trinajstić information content (AvgIpc) is 2.38. The van der Waals surface area contributed by atoms with E-state index in [0.29, 0.717) is 31.0 Å². The molecule has 1 aliphatic heterocycles. The minimum Gasteiger partial charge on any atom is -0.399 e. The van der Waals surface area contributed by atoms with E-state index in [-0.39, 0.29) is 10.9 Å². The first-order valence-corrected chi connectivity index (χ1v) is 8.55. The highest BCUT2D eigenvalue weighted by Crippen LogP contribution is 2.18. The van der Waals surface area contributed by atoms with Gasteiger partial charge in [0.1, 0.15) is 0 Å². The van der Waals surface area contributed by atoms with E-state index < -0.39 is 10.0 Å². The van der Waals surface area contributed by atoms with Crippen molar-refractivity contribution in [1.82, 2.24) is 9.62 Å². The first-order chi connectivity index (χ1) is 9.88. The molecular formula is C14H23N3O3S. The van der Waals surface area contributed by atoms with Gasteiger partial charge in [-0.3, -0.25) is 4.90 Å². The zero-order valence-electron chi connectivity index (χ0n) is 12.5. The van der Waals surface area contributed by atoms with Crippen molar-refractivity contribution >= 4 is 15.7 Å². The summed E-state index contributed by atoms with van der Waals surface area (Å²) in [5.74, 6) is 0. The van der Waals surface area contributed by atoms with E-state index in [1.807, 2.05) is 6.92 Å². The predicted octanol–water partition coefficient (Wildman–Crippen LogP) is 0.576. The molecule has 3 N–H and O–H groups in total. The number of hydrogen-bond donors (Lipinski definition) is 2. The van der Waals surface area contributed by atoms with Gasteiger partial charge < -0.3 is 10.5 Å². The maximum atomic E-state index is 12.4. The lowest BCUT2D eigenvalue weighted by molar-refractivity contribution is 0.0354. The number of nitrogens with zero attached hydrogens (tertiary/aromatic N) is 1. The van der Waals surface area contributed by atoms with Gasteiger partial charge in [0.05, 0.1) is 18.1 Å². The van der Waals surface area contributed by atoms with Crippen LogP contribution in [-0.2, 0) is 14.8 Å². The van der Waals surface area contributed by atoms with E-state index in [2.05, 4.69) is 9.62 Å². The van der Waals surface area contributed by atoms with E-state index >= 15 is 0 Å². The predicted molar refractivity (Wildman–Crippen MR) is 82.6 cm³/mol. The van der Waals surface area contributed by atoms with E-state index in [0.717, 1.165) is 13.1 Å². The number of aryl methyl sites for hydroxylation is 1. The zero-order valence-corrected chi connectivity index (χ0v) is 13.3. The minimum absolute atomic E-state index is 0.162. The van der Waals surface area contributed by atoms with Crippen LogP contribution in [0.15, 0.2) is 23.1 Å². The Bertz CT molecular complexity index is 583. The summed E-state index contributed by atoms with van der Waals surface area (Å²) in [6.07, 6.45) is 0. The van der Waals surface area contributed by atoms with Crippen LogP contribution < -0.4 is 10.5 Å². The van der Waals surface area contributed by atoms with Gasteiger partial charge in [-0.25, -0.2) is 13.1 Å². The number of nitrogen functional groups attached to an aromatic ring is 1. The lowest BCUT2D eigenvalue weighted by Gasteiger charge is -2.29. The number of benzene rings is 1. The van der Waals surface area contributed by atoms with Crippen molar-refractivity contribution in [3.05, 3.63) is 23.8 Å². The number of rotatable bonds is 5. The van der Waals surface area contributed by atoms with Gasteiger partial charge in [0.2, 0.25) is 10.0 Å². The molecule has 6 nitrogen and oxygen atoms in total. The molecule has 1 heterocycles. The van der Waals surface area contributed by atoms with Crippen LogP contribution in [0.4, 0.5) is 5.69 Å². The fraction of sp³-hybridized carbons (Fsp3) is 0.571. The van der Waals surface area contributed by atoms with Gasteiger partial charge in [-0.2, -0.15) is 0 Å². The molecule has 0 aromatic heterocycles. The summed E-state index contributed by atoms with van der Waals surface area (Å²) in [5, 5.41) is 0. The first-order valence-electron chi connectivity index (χ1n) is 7.07. The van der Waals surface area contributed by atoms with Gasteiger partial charge in [0.15, 0.2) is 0 Å². The van der Waals surface area contributed by atoms with Crippen molar-refractivity contribution in [3.63, 3.8) is 0 Å². The van der Waals surface area contributed by atoms with Crippen LogP contribution in [0.1, 0.15) is 12.5 Å². The number of nitrogens with two attached hydrogens (primary N) is 1. The van der Waals surface area contributed by atoms with E-state index in [1.54, 1.807) is 25.1 Å². The molecule has 1 atom stereocenters. The highest BCUT2D eigenvalue weighted by molar-refractivity contribution is 7.89. The molecule has 0 saturated carbocycles. The van der Waals surface area contributed by atoms with Gasteiger partial charge in [0, 0.05) is 31.4 Å². The summed E-state index contributed by atoms with van der Waals surface area (Å²) < 4.78 is 32.9. The van der Waals surface area contributed by atoms with Gasteiger partial charge in [-0.05, 0) is 37.6 Å². The molecule has 1 fully saturated rings. The number of hydrogen-bond acceptors (Lipinski definition) is 5. The number of sulfonamides is 1. The smallest absolute Gasteiger partial charge is 0.241 e. The number of nitrogens with one attached hydrogen (secondary N) is 1. The summed E-state index contributed by atoms with van der Waals surface area (Å²) in [7, 11) is -3.52. The molecule has 2 rings (SSSR count). The highest BCUT2D eigenvalue weighted by atomic mass is 32.2. The molecule has 21 heavy (non-hydrogen) atoms. The lowest BCUT2D eigenvalue weighted by atomic mass is 10.2. The fourth-order valence-corrected chi connectivity index (χ4v) is 3.97. The maximum Gasteiger partial charge on any atom is 0.241 e. The Hall–Kier alpha value is -1.15. The Morgan fingerprint density at radius 3 is 2.67 bits per heavy atom. The zero-order chi connectivity index (χ0) is 15.5. The van der Waals surface area contributed by atoms with Gasteiger partial charge in [-0.1, -0.05) is 0 Å². The van der Waals surface area contributed by atoms with Crippen molar-refractivity contribution in [2.75, 3.05) is 38.6 Å². The minimum atomic E-state index is -3.52. The lowest BCUT2D eigenvalue weighted by Crippen LogP contribution is -2.46. The van der Waals surface area contributed by atoms with Crippen molar-refractivity contribution in [1.29, 1.82) is 0 Å². The van der Waals surface area contributed by atoms with Gasteiger partial charge >= 0.3 is 0 Å². The van der Waals surface area contributed by atoms with Crippen LogP contribution in [0, 0.1) is 6.92 Å². The number of anilines is 1. The molecule has 0 bridgehead atoms. The molecule has 0 aliphatic carbocycles. The van der Waals surface area contributed by atoms with Crippen molar-refractivity contribution in [2.45, 2.75) is 24.8 Å². The maximum absolute atomic E-state index is 12.4. The van der Waals surface area contributed by atoms with E-state index in [9.17, 15) is 8.42 Å². The Morgan fingerprint density at radius 1 is 1.38 bits per heavy atom. The second-order valence-electron chi connectivity index (χ2n) is 5.46. The summed E-state index contributed by atoms with van der Waals surface area (Å²) in [5.41, 5.74) is 6.88. The summed E-state index contributed by atoms with van der Waals surface area (Å²) >= 11 is 0. The van der Waals surface area contributed by atoms with Crippen LogP contribution in [0.5, 0.6) is 0 Å². The third-order valence-corrected chi connectivity index (χ3v) is 5.23. The third kappa shape index (κ3) is 4.41. The summed E-state index contributed by atoms with van der Waals surface area (Å²) in [6, 6.07) is 4.66. The first kappa shape index (κ1) is 16.2. The summed E-state index contributed by atoms with van der Waals surface area (Å²) in [6.45, 7) is 7.39. The molecule has 1 saturated heterocycles. The Kier molecular flexibility index (Phi) is 5.21. The Morgan fingerprint density at radius 2 is 2.05 bits per heavy atom. The molecule has 1 aromatic rings. The molecule has 0 spiro atoms. The molecular weight excluding hydrogens is 290 g/mol. The number of ether oxygens (including phenoxy) is 1. The standard InChI is InChI=1S/C14H23N3O3S/c1-11-9-13(15)3-4-14(11)21(18,19)16-12(2)10-17-5-7-20-8-6-17/h3-4,9,12,16H,5-8,10,15H2,1-2H3. The Balaban J connectivity index is 2.02. The normalized spacial score (nSPS) is 18.6. The van der Waals surface area contributed by atoms with Crippen molar-refractivity contribution in [3.8, 4) is 0 Å². The number of morpholine rings is 1. The quantitative estimate of drug-likeness (QED) is 0.777. The van der Waals surface area contributed by atoms with Crippen LogP contribution >= 0.6 is 0 Å². The van der Waals surface area contributed by atoms with Crippen LogP contribution in [0.3, 0.4) is 0 Å². The Labute approximate surface area is 126 Å². The van der Waals surface area contributed by atoms with Crippen LogP contribution in [0.25, 0.3) is 0 Å². The summed E-state index contributed by atoms with van der Waals surface area (Å²) in [4.78, 5) is 2.48. The SMILES string of the molecule is Cc1cc(N)ccc1S(=O)(=O)NC(C)CN1CCOCC1. The third-order valence-electron chi connectivity index (χ3n) is 3.48. The molecule has 0 amide bonds. The highest BCUT2D eigenvalue weighted by Gasteiger charge is 2.21. The van der Waals surface area contributed by atoms with Crippen LogP contribution in [-0.4, -0.2) is 52.2 Å². The largest absolute Gasteiger partial charge is 0.399 e. The van der Waals surface area contributed by atoms with Crippen molar-refractivity contribution in [2.24, 2.45) is 0 Å². The van der Waals surface area contributed by atoms with Crippen LogP contribution in [0.2, 0.25) is 0 Å². The van der Waals surface area contributed by atoms with Gasteiger partial charge in [0.25, 0.3) is 0 Å². The molecule has 1 aliphatic rings. The molecule has 1 unspecified atom stereocenters. The molecule has 118 valence electrons. The molecule has 7 heteroatoms. The topological polar surface area (TPSA) is 84.7 Å².